The molecule has 5 heteroatoms. The van der Waals surface area contributed by atoms with E-state index in [9.17, 15) is 8.78 Å². The van der Waals surface area contributed by atoms with Crippen molar-refractivity contribution in [2.45, 2.75) is 6.61 Å². The van der Waals surface area contributed by atoms with Crippen LogP contribution >= 0.6 is 11.6 Å². The van der Waals surface area contributed by atoms with Gasteiger partial charge in [0, 0.05) is 5.56 Å². The van der Waals surface area contributed by atoms with Crippen molar-refractivity contribution < 1.29 is 13.5 Å². The van der Waals surface area contributed by atoms with Crippen molar-refractivity contribution in [3.8, 4) is 11.8 Å². The van der Waals surface area contributed by atoms with Gasteiger partial charge in [-0.05, 0) is 30.3 Å². The third kappa shape index (κ3) is 3.01. The van der Waals surface area contributed by atoms with Crippen LogP contribution in [0.2, 0.25) is 5.02 Å². The second-order valence-corrected chi connectivity index (χ2v) is 4.16. The van der Waals surface area contributed by atoms with Gasteiger partial charge in [-0.15, -0.1) is 0 Å². The Morgan fingerprint density at radius 2 is 2.00 bits per heavy atom. The summed E-state index contributed by atoms with van der Waals surface area (Å²) in [5.41, 5.74) is 0.241. The van der Waals surface area contributed by atoms with Crippen LogP contribution in [0.4, 0.5) is 8.78 Å². The molecule has 2 aromatic rings. The first kappa shape index (κ1) is 13.3. The number of halogens is 3. The van der Waals surface area contributed by atoms with E-state index >= 15 is 0 Å². The van der Waals surface area contributed by atoms with Crippen LogP contribution in [0.25, 0.3) is 0 Å². The summed E-state index contributed by atoms with van der Waals surface area (Å²) in [5.74, 6) is -0.882. The van der Waals surface area contributed by atoms with E-state index in [1.807, 2.05) is 6.07 Å². The summed E-state index contributed by atoms with van der Waals surface area (Å²) in [4.78, 5) is 0. The minimum absolute atomic E-state index is 0.0730. The fourth-order valence-corrected chi connectivity index (χ4v) is 1.75. The molecule has 0 aliphatic rings. The standard InChI is InChI=1S/C14H8ClF2NO/c15-12-2-1-3-14(11(12)7-18)19-8-9-6-10(16)4-5-13(9)17/h1-6H,8H2. The minimum atomic E-state index is -0.568. The number of rotatable bonds is 3. The van der Waals surface area contributed by atoms with Crippen LogP contribution in [0.3, 0.4) is 0 Å². The van der Waals surface area contributed by atoms with Crippen LogP contribution in [0.5, 0.6) is 5.75 Å². The van der Waals surface area contributed by atoms with Gasteiger partial charge in [-0.2, -0.15) is 5.26 Å². The van der Waals surface area contributed by atoms with Crippen molar-refractivity contribution in [2.24, 2.45) is 0 Å². The summed E-state index contributed by atoms with van der Waals surface area (Å²) in [7, 11) is 0. The van der Waals surface area contributed by atoms with E-state index in [2.05, 4.69) is 0 Å². The molecular formula is C14H8ClF2NO. The lowest BCUT2D eigenvalue weighted by atomic mass is 10.2. The maximum absolute atomic E-state index is 13.4. The molecule has 0 saturated heterocycles. The molecule has 0 atom stereocenters. The van der Waals surface area contributed by atoms with Gasteiger partial charge < -0.3 is 4.74 Å². The number of benzene rings is 2. The maximum atomic E-state index is 13.4. The molecule has 0 spiro atoms. The molecule has 0 heterocycles. The molecule has 0 fully saturated rings. The second kappa shape index (κ2) is 5.68. The molecule has 96 valence electrons. The molecule has 0 bridgehead atoms. The SMILES string of the molecule is N#Cc1c(Cl)cccc1OCc1cc(F)ccc1F. The topological polar surface area (TPSA) is 33.0 Å². The second-order valence-electron chi connectivity index (χ2n) is 3.75. The van der Waals surface area contributed by atoms with Gasteiger partial charge in [0.1, 0.15) is 35.6 Å². The van der Waals surface area contributed by atoms with Gasteiger partial charge in [0.25, 0.3) is 0 Å². The molecule has 2 rings (SSSR count). The average molecular weight is 280 g/mol. The highest BCUT2D eigenvalue weighted by molar-refractivity contribution is 6.31. The summed E-state index contributed by atoms with van der Waals surface area (Å²) in [5, 5.41) is 9.20. The molecule has 0 radical (unpaired) electrons. The van der Waals surface area contributed by atoms with Crippen LogP contribution in [0, 0.1) is 23.0 Å². The predicted molar refractivity (Wildman–Crippen MR) is 66.9 cm³/mol. The van der Waals surface area contributed by atoms with E-state index in [1.165, 1.54) is 0 Å². The molecule has 0 unspecified atom stereocenters. The molecule has 2 aromatic carbocycles. The van der Waals surface area contributed by atoms with Crippen LogP contribution in [0.15, 0.2) is 36.4 Å². The smallest absolute Gasteiger partial charge is 0.139 e. The first-order chi connectivity index (χ1) is 9.11. The van der Waals surface area contributed by atoms with Crippen molar-refractivity contribution in [3.05, 3.63) is 64.2 Å². The van der Waals surface area contributed by atoms with Crippen molar-refractivity contribution in [3.63, 3.8) is 0 Å². The highest BCUT2D eigenvalue weighted by Gasteiger charge is 2.09. The minimum Gasteiger partial charge on any atom is -0.487 e. The third-order valence-electron chi connectivity index (χ3n) is 2.48. The Balaban J connectivity index is 2.22. The zero-order chi connectivity index (χ0) is 13.8. The fourth-order valence-electron chi connectivity index (χ4n) is 1.54. The number of hydrogen-bond acceptors (Lipinski definition) is 2. The maximum Gasteiger partial charge on any atom is 0.139 e. The Hall–Kier alpha value is -2.12. The molecule has 0 amide bonds. The van der Waals surface area contributed by atoms with Gasteiger partial charge >= 0.3 is 0 Å². The molecule has 0 aliphatic heterocycles. The number of nitrogens with zero attached hydrogens (tertiary/aromatic N) is 1. The zero-order valence-corrected chi connectivity index (χ0v) is 10.4. The van der Waals surface area contributed by atoms with E-state index in [4.69, 9.17) is 21.6 Å². The first-order valence-corrected chi connectivity index (χ1v) is 5.75. The lowest BCUT2D eigenvalue weighted by Crippen LogP contribution is -2.00. The summed E-state index contributed by atoms with van der Waals surface area (Å²) in [6.45, 7) is -0.182. The molecule has 0 saturated carbocycles. The Morgan fingerprint density at radius 3 is 2.74 bits per heavy atom. The van der Waals surface area contributed by atoms with E-state index in [-0.39, 0.29) is 28.5 Å². The summed E-state index contributed by atoms with van der Waals surface area (Å²) in [6.07, 6.45) is 0. The van der Waals surface area contributed by atoms with Crippen LogP contribution in [-0.2, 0) is 6.61 Å². The van der Waals surface area contributed by atoms with Crippen molar-refractivity contribution in [2.75, 3.05) is 0 Å². The van der Waals surface area contributed by atoms with Crippen molar-refractivity contribution in [1.29, 1.82) is 5.26 Å². The molecule has 0 N–H and O–H groups in total. The number of nitriles is 1. The highest BCUT2D eigenvalue weighted by Crippen LogP contribution is 2.26. The lowest BCUT2D eigenvalue weighted by Gasteiger charge is -2.09. The molecule has 0 aliphatic carbocycles. The number of ether oxygens (including phenoxy) is 1. The average Bonchev–Trinajstić information content (AvgIpc) is 2.40. The Labute approximate surface area is 113 Å². The molecule has 19 heavy (non-hydrogen) atoms. The fraction of sp³-hybridized carbons (Fsp3) is 0.0714. The van der Waals surface area contributed by atoms with Gasteiger partial charge in [-0.25, -0.2) is 8.78 Å². The van der Waals surface area contributed by atoms with Gasteiger partial charge in [0.2, 0.25) is 0 Å². The van der Waals surface area contributed by atoms with E-state index < -0.39 is 11.6 Å². The Kier molecular flexibility index (Phi) is 3.98. The van der Waals surface area contributed by atoms with E-state index in [1.54, 1.807) is 18.2 Å². The van der Waals surface area contributed by atoms with Crippen LogP contribution < -0.4 is 4.74 Å². The Bertz CT molecular complexity index is 652. The summed E-state index contributed by atoms with van der Waals surface area (Å²) >= 11 is 5.83. The largest absolute Gasteiger partial charge is 0.487 e. The molecule has 0 aromatic heterocycles. The van der Waals surface area contributed by atoms with Gasteiger partial charge in [0.15, 0.2) is 0 Å². The highest BCUT2D eigenvalue weighted by atomic mass is 35.5. The van der Waals surface area contributed by atoms with Gasteiger partial charge in [0.05, 0.1) is 5.02 Å². The zero-order valence-electron chi connectivity index (χ0n) is 9.66. The normalized spacial score (nSPS) is 10.0. The van der Waals surface area contributed by atoms with Crippen molar-refractivity contribution >= 4 is 11.6 Å². The summed E-state index contributed by atoms with van der Waals surface area (Å²) in [6, 6.07) is 9.71. The van der Waals surface area contributed by atoms with Crippen LogP contribution in [0.1, 0.15) is 11.1 Å². The van der Waals surface area contributed by atoms with E-state index in [0.717, 1.165) is 18.2 Å². The predicted octanol–water partition coefficient (Wildman–Crippen LogP) is 4.07. The van der Waals surface area contributed by atoms with Gasteiger partial charge in [-0.1, -0.05) is 17.7 Å². The first-order valence-electron chi connectivity index (χ1n) is 5.37. The van der Waals surface area contributed by atoms with E-state index in [0.29, 0.717) is 0 Å². The quantitative estimate of drug-likeness (QED) is 0.848. The Morgan fingerprint density at radius 1 is 1.21 bits per heavy atom. The summed E-state index contributed by atoms with van der Waals surface area (Å²) < 4.78 is 31.7. The van der Waals surface area contributed by atoms with Crippen molar-refractivity contribution in [1.82, 2.24) is 0 Å². The van der Waals surface area contributed by atoms with Gasteiger partial charge in [-0.3, -0.25) is 0 Å². The third-order valence-corrected chi connectivity index (χ3v) is 2.79. The lowest BCUT2D eigenvalue weighted by molar-refractivity contribution is 0.298. The molecule has 2 nitrogen and oxygen atoms in total. The molecular weight excluding hydrogens is 272 g/mol. The monoisotopic (exact) mass is 279 g/mol. The number of hydrogen-bond donors (Lipinski definition) is 0. The van der Waals surface area contributed by atoms with Crippen LogP contribution in [-0.4, -0.2) is 0 Å².